The molecule has 146 valence electrons. The molecule has 0 aliphatic carbocycles. The van der Waals surface area contributed by atoms with Crippen LogP contribution in [0.1, 0.15) is 16.1 Å². The summed E-state index contributed by atoms with van der Waals surface area (Å²) in [5.74, 6) is -0.652. The topological polar surface area (TPSA) is 93.2 Å². The predicted octanol–water partition coefficient (Wildman–Crippen LogP) is 4.75. The van der Waals surface area contributed by atoms with Crippen molar-refractivity contribution in [1.29, 1.82) is 0 Å². The molecule has 1 amide bonds. The first-order valence-electron chi connectivity index (χ1n) is 7.59. The minimum atomic E-state index is -4.64. The molecule has 1 heterocycles. The highest BCUT2D eigenvalue weighted by Gasteiger charge is 2.32. The van der Waals surface area contributed by atoms with Gasteiger partial charge in [0.15, 0.2) is 5.69 Å². The van der Waals surface area contributed by atoms with Gasteiger partial charge in [-0.1, -0.05) is 23.2 Å². The van der Waals surface area contributed by atoms with E-state index >= 15 is 0 Å². The van der Waals surface area contributed by atoms with E-state index in [0.29, 0.717) is 17.8 Å². The first-order valence-corrected chi connectivity index (χ1v) is 8.34. The fraction of sp³-hybridized carbons (Fsp3) is 0.0588. The van der Waals surface area contributed by atoms with Crippen LogP contribution in [0.4, 0.5) is 24.7 Å². The van der Waals surface area contributed by atoms with Crippen molar-refractivity contribution in [2.45, 2.75) is 6.18 Å². The van der Waals surface area contributed by atoms with Crippen molar-refractivity contribution in [2.24, 2.45) is 5.73 Å². The van der Waals surface area contributed by atoms with Crippen LogP contribution in [0.2, 0.25) is 10.0 Å². The first kappa shape index (κ1) is 19.8. The van der Waals surface area contributed by atoms with E-state index in [-0.39, 0.29) is 33.0 Å². The summed E-state index contributed by atoms with van der Waals surface area (Å²) >= 11 is 12.1. The number of amides is 1. The molecule has 0 spiro atoms. The number of hydrogen-bond acceptors (Lipinski definition) is 4. The van der Waals surface area contributed by atoms with Crippen LogP contribution >= 0.6 is 23.2 Å². The molecule has 3 aromatic rings. The molecule has 0 bridgehead atoms. The molecule has 28 heavy (non-hydrogen) atoms. The van der Waals surface area contributed by atoms with Crippen molar-refractivity contribution in [3.05, 3.63) is 63.8 Å². The molecule has 0 saturated carbocycles. The van der Waals surface area contributed by atoms with E-state index in [2.05, 4.69) is 10.4 Å². The van der Waals surface area contributed by atoms with Gasteiger partial charge in [-0.05, 0) is 36.4 Å². The molecule has 1 aromatic heterocycles. The quantitative estimate of drug-likeness (QED) is 0.520. The SMILES string of the molecule is NC(=O)c1cc(Nc2ccc(O)cc2)n(-c2c(Cl)cc(C(F)(F)F)cc2Cl)n1. The minimum absolute atomic E-state index is 0.0331. The van der Waals surface area contributed by atoms with Gasteiger partial charge in [-0.3, -0.25) is 4.79 Å². The number of carbonyl (C=O) groups excluding carboxylic acids is 1. The summed E-state index contributed by atoms with van der Waals surface area (Å²) in [6.45, 7) is 0. The van der Waals surface area contributed by atoms with E-state index in [4.69, 9.17) is 28.9 Å². The predicted molar refractivity (Wildman–Crippen MR) is 98.5 cm³/mol. The van der Waals surface area contributed by atoms with Crippen molar-refractivity contribution in [3.63, 3.8) is 0 Å². The lowest BCUT2D eigenvalue weighted by Gasteiger charge is -2.15. The first-order chi connectivity index (χ1) is 13.1. The Balaban J connectivity index is 2.13. The second-order valence-corrected chi connectivity index (χ2v) is 6.46. The smallest absolute Gasteiger partial charge is 0.416 e. The van der Waals surface area contributed by atoms with Crippen molar-refractivity contribution in [2.75, 3.05) is 5.32 Å². The molecule has 11 heteroatoms. The lowest BCUT2D eigenvalue weighted by molar-refractivity contribution is -0.137. The summed E-state index contributed by atoms with van der Waals surface area (Å²) in [7, 11) is 0. The van der Waals surface area contributed by atoms with Gasteiger partial charge in [-0.15, -0.1) is 0 Å². The van der Waals surface area contributed by atoms with E-state index in [1.54, 1.807) is 0 Å². The number of benzene rings is 2. The standard InChI is InChI=1S/C17H11Cl2F3N4O2/c18-11-5-8(17(20,21)22)6-12(19)15(11)26-14(7-13(25-26)16(23)28)24-9-1-3-10(27)4-2-9/h1-7,24,27H,(H2,23,28). The molecule has 0 saturated heterocycles. The average molecular weight is 431 g/mol. The maximum Gasteiger partial charge on any atom is 0.416 e. The van der Waals surface area contributed by atoms with E-state index in [9.17, 15) is 23.1 Å². The highest BCUT2D eigenvalue weighted by atomic mass is 35.5. The highest BCUT2D eigenvalue weighted by molar-refractivity contribution is 6.38. The number of hydrogen-bond donors (Lipinski definition) is 3. The summed E-state index contributed by atoms with van der Waals surface area (Å²) in [5, 5.41) is 15.6. The van der Waals surface area contributed by atoms with Gasteiger partial charge in [-0.2, -0.15) is 18.3 Å². The zero-order valence-corrected chi connectivity index (χ0v) is 15.3. The molecule has 2 aromatic carbocycles. The monoisotopic (exact) mass is 430 g/mol. The number of carbonyl (C=O) groups is 1. The molecule has 0 aliphatic heterocycles. The van der Waals surface area contributed by atoms with Gasteiger partial charge in [0.1, 0.15) is 17.3 Å². The van der Waals surface area contributed by atoms with Gasteiger partial charge < -0.3 is 16.2 Å². The summed E-state index contributed by atoms with van der Waals surface area (Å²) in [5.41, 5.74) is 4.50. The largest absolute Gasteiger partial charge is 0.508 e. The Morgan fingerprint density at radius 2 is 1.68 bits per heavy atom. The molecule has 0 atom stereocenters. The Hall–Kier alpha value is -2.91. The van der Waals surface area contributed by atoms with E-state index in [0.717, 1.165) is 4.68 Å². The van der Waals surface area contributed by atoms with Gasteiger partial charge in [0, 0.05) is 11.8 Å². The van der Waals surface area contributed by atoms with Gasteiger partial charge >= 0.3 is 6.18 Å². The number of phenols is 1. The molecule has 0 unspecified atom stereocenters. The molecule has 6 nitrogen and oxygen atoms in total. The molecule has 0 fully saturated rings. The van der Waals surface area contributed by atoms with Gasteiger partial charge in [0.25, 0.3) is 5.91 Å². The third-order valence-corrected chi connectivity index (χ3v) is 4.23. The minimum Gasteiger partial charge on any atom is -0.508 e. The molecule has 0 aliphatic rings. The Morgan fingerprint density at radius 3 is 2.18 bits per heavy atom. The Kier molecular flexibility index (Phi) is 5.14. The fourth-order valence-corrected chi connectivity index (χ4v) is 3.03. The summed E-state index contributed by atoms with van der Waals surface area (Å²) in [6, 6.07) is 8.60. The van der Waals surface area contributed by atoms with E-state index in [1.165, 1.54) is 30.3 Å². The zero-order chi connectivity index (χ0) is 20.6. The molecule has 4 N–H and O–H groups in total. The van der Waals surface area contributed by atoms with Crippen molar-refractivity contribution in [1.82, 2.24) is 9.78 Å². The maximum atomic E-state index is 13.0. The second kappa shape index (κ2) is 7.25. The molecular formula is C17H11Cl2F3N4O2. The number of nitrogens with two attached hydrogens (primary N) is 1. The number of halogens is 5. The fourth-order valence-electron chi connectivity index (χ4n) is 2.39. The number of nitrogens with one attached hydrogen (secondary N) is 1. The van der Waals surface area contributed by atoms with Crippen LogP contribution in [0.15, 0.2) is 42.5 Å². The maximum absolute atomic E-state index is 13.0. The Morgan fingerprint density at radius 1 is 1.11 bits per heavy atom. The number of phenolic OH excluding ortho intramolecular Hbond substituents is 1. The second-order valence-electron chi connectivity index (χ2n) is 5.65. The Labute approximate surface area is 166 Å². The summed E-state index contributed by atoms with van der Waals surface area (Å²) < 4.78 is 40.0. The number of primary amides is 1. The summed E-state index contributed by atoms with van der Waals surface area (Å²) in [4.78, 5) is 11.5. The van der Waals surface area contributed by atoms with Crippen LogP contribution in [-0.2, 0) is 6.18 Å². The normalized spacial score (nSPS) is 11.5. The third-order valence-electron chi connectivity index (χ3n) is 3.66. The third kappa shape index (κ3) is 4.00. The van der Waals surface area contributed by atoms with E-state index < -0.39 is 17.6 Å². The lowest BCUT2D eigenvalue weighted by Crippen LogP contribution is -2.13. The van der Waals surface area contributed by atoms with Gasteiger partial charge in [0.05, 0.1) is 15.6 Å². The molecule has 3 rings (SSSR count). The van der Waals surface area contributed by atoms with Crippen molar-refractivity contribution < 1.29 is 23.1 Å². The Bertz CT molecular complexity index is 1030. The summed E-state index contributed by atoms with van der Waals surface area (Å²) in [6.07, 6.45) is -4.64. The molecule has 0 radical (unpaired) electrons. The van der Waals surface area contributed by atoms with E-state index in [1.807, 2.05) is 0 Å². The molecular weight excluding hydrogens is 420 g/mol. The van der Waals surface area contributed by atoms with Crippen LogP contribution in [0.3, 0.4) is 0 Å². The van der Waals surface area contributed by atoms with Crippen LogP contribution < -0.4 is 11.1 Å². The number of anilines is 2. The average Bonchev–Trinajstić information content (AvgIpc) is 2.99. The van der Waals surface area contributed by atoms with Crippen LogP contribution in [0.5, 0.6) is 5.75 Å². The number of rotatable bonds is 4. The number of alkyl halides is 3. The van der Waals surface area contributed by atoms with Crippen LogP contribution in [0.25, 0.3) is 5.69 Å². The lowest BCUT2D eigenvalue weighted by atomic mass is 10.2. The van der Waals surface area contributed by atoms with Crippen LogP contribution in [-0.4, -0.2) is 20.8 Å². The van der Waals surface area contributed by atoms with Gasteiger partial charge in [-0.25, -0.2) is 4.68 Å². The number of aromatic nitrogens is 2. The zero-order valence-electron chi connectivity index (χ0n) is 13.8. The van der Waals surface area contributed by atoms with Crippen molar-refractivity contribution >= 4 is 40.6 Å². The van der Waals surface area contributed by atoms with Crippen molar-refractivity contribution in [3.8, 4) is 11.4 Å². The highest BCUT2D eigenvalue weighted by Crippen LogP contribution is 2.38. The van der Waals surface area contributed by atoms with Gasteiger partial charge in [0.2, 0.25) is 0 Å². The van der Waals surface area contributed by atoms with Crippen LogP contribution in [0, 0.1) is 0 Å². The number of nitrogens with zero attached hydrogens (tertiary/aromatic N) is 2. The number of aromatic hydroxyl groups is 1.